The molecule has 0 saturated carbocycles. The Bertz CT molecular complexity index is 1070. The molecular weight excluding hydrogens is 384 g/mol. The molecule has 0 aliphatic heterocycles. The van der Waals surface area contributed by atoms with Crippen LogP contribution < -0.4 is 0 Å². The highest BCUT2D eigenvalue weighted by Gasteiger charge is 2.21. The minimum Gasteiger partial charge on any atom is -0.461 e. The molecule has 0 bridgehead atoms. The number of nitrogens with zero attached hydrogens (tertiary/aromatic N) is 5. The van der Waals surface area contributed by atoms with Crippen LogP contribution in [0.15, 0.2) is 52.2 Å². The minimum absolute atomic E-state index is 0.257. The van der Waals surface area contributed by atoms with E-state index in [1.165, 1.54) is 11.8 Å². The first-order valence-electron chi connectivity index (χ1n) is 8.88. The normalized spacial score (nSPS) is 11.9. The highest BCUT2D eigenvalue weighted by molar-refractivity contribution is 7.98. The number of rotatable bonds is 7. The Morgan fingerprint density at radius 3 is 2.64 bits per heavy atom. The first-order valence-corrected chi connectivity index (χ1v) is 9.87. The Balaban J connectivity index is 1.65. The molecule has 0 spiro atoms. The van der Waals surface area contributed by atoms with Crippen molar-refractivity contribution in [3.05, 3.63) is 48.5 Å². The fourth-order valence-electron chi connectivity index (χ4n) is 3.06. The van der Waals surface area contributed by atoms with E-state index in [1.807, 2.05) is 10.6 Å². The molecule has 28 heavy (non-hydrogen) atoms. The van der Waals surface area contributed by atoms with Crippen molar-refractivity contribution in [2.24, 2.45) is 5.92 Å². The number of fused-ring (bicyclic) bond motifs is 1. The molecule has 3 heterocycles. The van der Waals surface area contributed by atoms with E-state index in [-0.39, 0.29) is 5.75 Å². The molecular formula is C19H19F2N5OS. The maximum Gasteiger partial charge on any atom is 0.320 e. The Kier molecular flexibility index (Phi) is 5.17. The second-order valence-electron chi connectivity index (χ2n) is 6.74. The molecule has 1 aromatic carbocycles. The predicted molar refractivity (Wildman–Crippen MR) is 103 cm³/mol. The summed E-state index contributed by atoms with van der Waals surface area (Å²) in [6.07, 6.45) is 1.58. The summed E-state index contributed by atoms with van der Waals surface area (Å²) in [6, 6.07) is 10.5. The number of para-hydroxylation sites is 2. The third kappa shape index (κ3) is 3.54. The number of hydrogen-bond donors (Lipinski definition) is 0. The maximum absolute atomic E-state index is 13.6. The van der Waals surface area contributed by atoms with Crippen LogP contribution in [0, 0.1) is 5.92 Å². The summed E-state index contributed by atoms with van der Waals surface area (Å²) < 4.78 is 35.6. The fourth-order valence-corrected chi connectivity index (χ4v) is 3.93. The van der Waals surface area contributed by atoms with Crippen LogP contribution in [-0.4, -0.2) is 24.3 Å². The molecule has 0 amide bonds. The Labute approximate surface area is 164 Å². The monoisotopic (exact) mass is 403 g/mol. The van der Waals surface area contributed by atoms with Crippen LogP contribution in [0.1, 0.15) is 26.2 Å². The van der Waals surface area contributed by atoms with Crippen LogP contribution in [0.3, 0.4) is 0 Å². The molecule has 0 N–H and O–H groups in total. The molecule has 0 saturated heterocycles. The van der Waals surface area contributed by atoms with Crippen LogP contribution in [0.5, 0.6) is 0 Å². The van der Waals surface area contributed by atoms with Gasteiger partial charge in [-0.2, -0.15) is 8.78 Å². The van der Waals surface area contributed by atoms with E-state index in [2.05, 4.69) is 29.0 Å². The lowest BCUT2D eigenvalue weighted by molar-refractivity contribution is 0.0722. The zero-order chi connectivity index (χ0) is 19.7. The average molecular weight is 403 g/mol. The lowest BCUT2D eigenvalue weighted by Gasteiger charge is -2.12. The molecule has 4 aromatic rings. The standard InChI is InChI=1S/C19H19F2N5OS/c1-12(2)10-25-17(15-8-5-9-27-15)23-24-19(25)28-11-16-22-13-6-3-4-7-14(13)26(16)18(20)21/h3-9,12,18H,10-11H2,1-2H3. The van der Waals surface area contributed by atoms with E-state index < -0.39 is 6.55 Å². The van der Waals surface area contributed by atoms with E-state index in [0.29, 0.717) is 46.1 Å². The SMILES string of the molecule is CC(C)Cn1c(SCc2nc3ccccc3n2C(F)F)nnc1-c1ccco1. The van der Waals surface area contributed by atoms with Gasteiger partial charge in [0, 0.05) is 6.54 Å². The van der Waals surface area contributed by atoms with Crippen molar-refractivity contribution in [2.45, 2.75) is 37.9 Å². The predicted octanol–water partition coefficient (Wildman–Crippen LogP) is 5.23. The number of imidazole rings is 1. The quantitative estimate of drug-likeness (QED) is 0.395. The lowest BCUT2D eigenvalue weighted by Crippen LogP contribution is -2.08. The Hall–Kier alpha value is -2.68. The summed E-state index contributed by atoms with van der Waals surface area (Å²) in [5.41, 5.74) is 0.978. The van der Waals surface area contributed by atoms with Gasteiger partial charge in [-0.1, -0.05) is 37.7 Å². The van der Waals surface area contributed by atoms with Crippen molar-refractivity contribution < 1.29 is 13.2 Å². The van der Waals surface area contributed by atoms with E-state index in [0.717, 1.165) is 4.57 Å². The molecule has 0 atom stereocenters. The highest BCUT2D eigenvalue weighted by Crippen LogP contribution is 2.30. The maximum atomic E-state index is 13.6. The summed E-state index contributed by atoms with van der Waals surface area (Å²) in [4.78, 5) is 4.38. The summed E-state index contributed by atoms with van der Waals surface area (Å²) in [5.74, 6) is 2.17. The molecule has 0 unspecified atom stereocenters. The van der Waals surface area contributed by atoms with E-state index in [9.17, 15) is 8.78 Å². The minimum atomic E-state index is -2.66. The van der Waals surface area contributed by atoms with Gasteiger partial charge >= 0.3 is 6.55 Å². The lowest BCUT2D eigenvalue weighted by atomic mass is 10.2. The number of alkyl halides is 2. The van der Waals surface area contributed by atoms with Gasteiger partial charge in [0.1, 0.15) is 5.82 Å². The van der Waals surface area contributed by atoms with Gasteiger partial charge in [0.2, 0.25) is 0 Å². The van der Waals surface area contributed by atoms with Crippen LogP contribution in [-0.2, 0) is 12.3 Å². The third-order valence-corrected chi connectivity index (χ3v) is 5.16. The van der Waals surface area contributed by atoms with Crippen molar-refractivity contribution >= 4 is 22.8 Å². The second kappa shape index (κ2) is 7.75. The van der Waals surface area contributed by atoms with Crippen molar-refractivity contribution in [1.82, 2.24) is 24.3 Å². The Morgan fingerprint density at radius 2 is 1.93 bits per heavy atom. The number of halogens is 2. The summed E-state index contributed by atoms with van der Waals surface area (Å²) >= 11 is 1.34. The first-order chi connectivity index (χ1) is 13.5. The summed E-state index contributed by atoms with van der Waals surface area (Å²) in [6.45, 7) is 2.22. The molecule has 9 heteroatoms. The number of thioether (sulfide) groups is 1. The third-order valence-electron chi connectivity index (χ3n) is 4.20. The van der Waals surface area contributed by atoms with Gasteiger partial charge in [0.05, 0.1) is 23.0 Å². The van der Waals surface area contributed by atoms with Gasteiger partial charge in [-0.05, 0) is 30.2 Å². The number of hydrogen-bond acceptors (Lipinski definition) is 5. The molecule has 0 aliphatic carbocycles. The van der Waals surface area contributed by atoms with Gasteiger partial charge in [-0.25, -0.2) is 4.98 Å². The summed E-state index contributed by atoms with van der Waals surface area (Å²) in [7, 11) is 0. The number of benzene rings is 1. The Morgan fingerprint density at radius 1 is 1.11 bits per heavy atom. The van der Waals surface area contributed by atoms with Gasteiger partial charge in [-0.3, -0.25) is 9.13 Å². The molecule has 0 aliphatic rings. The molecule has 0 fully saturated rings. The zero-order valence-electron chi connectivity index (χ0n) is 15.4. The smallest absolute Gasteiger partial charge is 0.320 e. The van der Waals surface area contributed by atoms with Crippen molar-refractivity contribution in [3.8, 4) is 11.6 Å². The van der Waals surface area contributed by atoms with E-state index in [1.54, 1.807) is 36.6 Å². The topological polar surface area (TPSA) is 61.7 Å². The van der Waals surface area contributed by atoms with Crippen LogP contribution in [0.4, 0.5) is 8.78 Å². The van der Waals surface area contributed by atoms with Crippen LogP contribution in [0.2, 0.25) is 0 Å². The molecule has 0 radical (unpaired) electrons. The molecule has 3 aromatic heterocycles. The molecule has 4 rings (SSSR count). The molecule has 146 valence electrons. The van der Waals surface area contributed by atoms with Crippen molar-refractivity contribution in [3.63, 3.8) is 0 Å². The second-order valence-corrected chi connectivity index (χ2v) is 7.68. The number of aromatic nitrogens is 5. The molecule has 6 nitrogen and oxygen atoms in total. The van der Waals surface area contributed by atoms with Gasteiger partial charge in [-0.15, -0.1) is 10.2 Å². The number of furan rings is 1. The largest absolute Gasteiger partial charge is 0.461 e. The first kappa shape index (κ1) is 18.7. The van der Waals surface area contributed by atoms with E-state index in [4.69, 9.17) is 4.42 Å². The van der Waals surface area contributed by atoms with Crippen molar-refractivity contribution in [1.29, 1.82) is 0 Å². The van der Waals surface area contributed by atoms with Crippen LogP contribution in [0.25, 0.3) is 22.6 Å². The summed E-state index contributed by atoms with van der Waals surface area (Å²) in [5, 5.41) is 9.15. The van der Waals surface area contributed by atoms with Gasteiger partial charge in [0.25, 0.3) is 0 Å². The average Bonchev–Trinajstić information content (AvgIpc) is 3.37. The van der Waals surface area contributed by atoms with Gasteiger partial charge < -0.3 is 4.42 Å². The fraction of sp³-hybridized carbons (Fsp3) is 0.316. The van der Waals surface area contributed by atoms with Crippen molar-refractivity contribution in [2.75, 3.05) is 0 Å². The van der Waals surface area contributed by atoms with Crippen LogP contribution >= 0.6 is 11.8 Å². The van der Waals surface area contributed by atoms with Gasteiger partial charge in [0.15, 0.2) is 16.7 Å². The highest BCUT2D eigenvalue weighted by atomic mass is 32.2. The van der Waals surface area contributed by atoms with E-state index >= 15 is 0 Å². The zero-order valence-corrected chi connectivity index (χ0v) is 16.2.